The number of aryl methyl sites for hydroxylation is 1. The number of halogens is 1. The van der Waals surface area contributed by atoms with Crippen LogP contribution in [-0.4, -0.2) is 15.7 Å². The first-order chi connectivity index (χ1) is 10.3. The van der Waals surface area contributed by atoms with Crippen LogP contribution in [-0.2, 0) is 5.41 Å². The van der Waals surface area contributed by atoms with Gasteiger partial charge in [0.2, 0.25) is 0 Å². The quantitative estimate of drug-likeness (QED) is 0.609. The largest absolute Gasteiger partial charge is 0.296 e. The Morgan fingerprint density at radius 1 is 1.23 bits per heavy atom. The van der Waals surface area contributed by atoms with Crippen LogP contribution >= 0.6 is 22.9 Å². The van der Waals surface area contributed by atoms with E-state index >= 15 is 0 Å². The van der Waals surface area contributed by atoms with E-state index in [0.29, 0.717) is 10.7 Å². The number of benzene rings is 1. The smallest absolute Gasteiger partial charge is 0.195 e. The van der Waals surface area contributed by atoms with Gasteiger partial charge in [-0.25, -0.2) is 4.98 Å². The maximum absolute atomic E-state index is 11.7. The number of thiazole rings is 1. The Morgan fingerprint density at radius 2 is 1.86 bits per heavy atom. The Bertz CT molecular complexity index is 854. The van der Waals surface area contributed by atoms with Crippen molar-refractivity contribution in [3.05, 3.63) is 45.6 Å². The van der Waals surface area contributed by atoms with E-state index < -0.39 is 0 Å². The number of aromatic nitrogens is 2. The number of rotatable bonds is 2. The molecule has 0 aliphatic carbocycles. The minimum absolute atomic E-state index is 0.173. The van der Waals surface area contributed by atoms with Crippen LogP contribution in [0, 0.1) is 6.92 Å². The number of hydrogen-bond donors (Lipinski definition) is 0. The summed E-state index contributed by atoms with van der Waals surface area (Å²) < 4.78 is 1.97. The summed E-state index contributed by atoms with van der Waals surface area (Å²) in [5.74, 6) is 0. The van der Waals surface area contributed by atoms with Gasteiger partial charge in [-0.15, -0.1) is 11.3 Å². The molecule has 114 valence electrons. The van der Waals surface area contributed by atoms with Crippen molar-refractivity contribution in [2.24, 2.45) is 0 Å². The van der Waals surface area contributed by atoms with Gasteiger partial charge in [0.25, 0.3) is 0 Å². The molecule has 0 radical (unpaired) electrons. The molecular weight excluding hydrogens is 316 g/mol. The molecule has 0 bridgehead atoms. The zero-order valence-corrected chi connectivity index (χ0v) is 14.5. The molecule has 3 nitrogen and oxygen atoms in total. The molecule has 0 unspecified atom stereocenters. The summed E-state index contributed by atoms with van der Waals surface area (Å²) >= 11 is 7.59. The second-order valence-electron chi connectivity index (χ2n) is 6.35. The highest BCUT2D eigenvalue weighted by Crippen LogP contribution is 2.36. The molecule has 0 N–H and O–H groups in total. The fourth-order valence-corrected chi connectivity index (χ4v) is 3.76. The van der Waals surface area contributed by atoms with Crippen LogP contribution in [0.2, 0.25) is 5.02 Å². The number of imidazole rings is 1. The van der Waals surface area contributed by atoms with Gasteiger partial charge in [0.1, 0.15) is 5.69 Å². The van der Waals surface area contributed by atoms with E-state index in [2.05, 4.69) is 27.7 Å². The Balaban J connectivity index is 2.35. The third-order valence-electron chi connectivity index (χ3n) is 3.62. The predicted molar refractivity (Wildman–Crippen MR) is 92.3 cm³/mol. The van der Waals surface area contributed by atoms with Crippen LogP contribution in [0.25, 0.3) is 16.2 Å². The Hall–Kier alpha value is -1.65. The van der Waals surface area contributed by atoms with Crippen molar-refractivity contribution < 1.29 is 4.79 Å². The second-order valence-corrected chi connectivity index (χ2v) is 7.96. The molecule has 2 heterocycles. The summed E-state index contributed by atoms with van der Waals surface area (Å²) in [7, 11) is 0. The van der Waals surface area contributed by atoms with Crippen LogP contribution < -0.4 is 0 Å². The van der Waals surface area contributed by atoms with E-state index in [9.17, 15) is 4.79 Å². The lowest BCUT2D eigenvalue weighted by Gasteiger charge is -2.16. The molecule has 0 aliphatic heterocycles. The Morgan fingerprint density at radius 3 is 2.41 bits per heavy atom. The molecule has 22 heavy (non-hydrogen) atoms. The Kier molecular flexibility index (Phi) is 3.62. The van der Waals surface area contributed by atoms with E-state index in [1.807, 2.05) is 28.7 Å². The molecule has 0 amide bonds. The molecule has 3 rings (SSSR count). The van der Waals surface area contributed by atoms with Crippen molar-refractivity contribution in [2.45, 2.75) is 33.1 Å². The van der Waals surface area contributed by atoms with Crippen LogP contribution in [0.5, 0.6) is 0 Å². The van der Waals surface area contributed by atoms with E-state index in [4.69, 9.17) is 16.6 Å². The number of aldehydes is 1. The molecule has 0 fully saturated rings. The molecule has 0 saturated carbocycles. The van der Waals surface area contributed by atoms with Crippen molar-refractivity contribution in [3.63, 3.8) is 0 Å². The summed E-state index contributed by atoms with van der Waals surface area (Å²) in [5.41, 5.74) is 3.35. The van der Waals surface area contributed by atoms with Gasteiger partial charge in [-0.1, -0.05) is 44.5 Å². The van der Waals surface area contributed by atoms with Crippen molar-refractivity contribution in [1.82, 2.24) is 9.38 Å². The Labute approximate surface area is 138 Å². The van der Waals surface area contributed by atoms with Gasteiger partial charge in [-0.2, -0.15) is 0 Å². The third-order valence-corrected chi connectivity index (χ3v) is 4.83. The second kappa shape index (κ2) is 5.21. The number of fused-ring (bicyclic) bond motifs is 1. The van der Waals surface area contributed by atoms with Gasteiger partial charge in [0.15, 0.2) is 11.2 Å². The first-order valence-corrected chi connectivity index (χ1v) is 8.26. The van der Waals surface area contributed by atoms with Gasteiger partial charge < -0.3 is 0 Å². The van der Waals surface area contributed by atoms with Crippen LogP contribution in [0.4, 0.5) is 0 Å². The van der Waals surface area contributed by atoms with Crippen molar-refractivity contribution in [1.29, 1.82) is 0 Å². The minimum Gasteiger partial charge on any atom is -0.296 e. The van der Waals surface area contributed by atoms with Crippen molar-refractivity contribution in [2.75, 3.05) is 0 Å². The molecular formula is C17H17ClN2OS. The number of nitrogens with zero attached hydrogens (tertiary/aromatic N) is 2. The van der Waals surface area contributed by atoms with Crippen LogP contribution in [0.3, 0.4) is 0 Å². The van der Waals surface area contributed by atoms with E-state index in [1.165, 1.54) is 0 Å². The lowest BCUT2D eigenvalue weighted by molar-refractivity contribution is 0.111. The highest BCUT2D eigenvalue weighted by molar-refractivity contribution is 7.17. The predicted octanol–water partition coefficient (Wildman–Crippen LogP) is 5.13. The monoisotopic (exact) mass is 332 g/mol. The lowest BCUT2D eigenvalue weighted by atomic mass is 9.91. The first kappa shape index (κ1) is 15.3. The molecule has 0 atom stereocenters. The standard InChI is InChI=1S/C17H17ClN2OS/c1-10-14(11-5-7-12(18)8-6-11)20-13(9-21)15(17(2,3)4)19-16(20)22-10/h5-9H,1-4H3. The summed E-state index contributed by atoms with van der Waals surface area (Å²) in [6.45, 7) is 8.26. The first-order valence-electron chi connectivity index (χ1n) is 7.06. The summed E-state index contributed by atoms with van der Waals surface area (Å²) in [6.07, 6.45) is 0.909. The van der Waals surface area contributed by atoms with Gasteiger partial charge in [-0.3, -0.25) is 9.20 Å². The lowest BCUT2D eigenvalue weighted by Crippen LogP contribution is -2.15. The summed E-state index contributed by atoms with van der Waals surface area (Å²) in [5, 5.41) is 0.699. The van der Waals surface area contributed by atoms with Gasteiger partial charge in [0.05, 0.1) is 11.4 Å². The van der Waals surface area contributed by atoms with E-state index in [0.717, 1.165) is 33.1 Å². The molecule has 0 aliphatic rings. The normalized spacial score (nSPS) is 12.0. The molecule has 0 saturated heterocycles. The molecule has 1 aromatic carbocycles. The molecule has 2 aromatic heterocycles. The topological polar surface area (TPSA) is 34.4 Å². The van der Waals surface area contributed by atoms with Crippen LogP contribution in [0.15, 0.2) is 24.3 Å². The molecule has 5 heteroatoms. The highest BCUT2D eigenvalue weighted by atomic mass is 35.5. The number of carbonyl (C=O) groups is 1. The SMILES string of the molecule is Cc1sc2nc(C(C)(C)C)c(C=O)n2c1-c1ccc(Cl)cc1. The average Bonchev–Trinajstić information content (AvgIpc) is 2.94. The highest BCUT2D eigenvalue weighted by Gasteiger charge is 2.26. The zero-order valence-electron chi connectivity index (χ0n) is 13.0. The van der Waals surface area contributed by atoms with Gasteiger partial charge in [-0.05, 0) is 24.6 Å². The third kappa shape index (κ3) is 2.36. The zero-order chi connectivity index (χ0) is 16.1. The molecule has 0 spiro atoms. The average molecular weight is 333 g/mol. The maximum atomic E-state index is 11.7. The van der Waals surface area contributed by atoms with Gasteiger partial charge >= 0.3 is 0 Å². The van der Waals surface area contributed by atoms with Crippen molar-refractivity contribution >= 4 is 34.2 Å². The fraction of sp³-hybridized carbons (Fsp3) is 0.294. The molecule has 3 aromatic rings. The van der Waals surface area contributed by atoms with Crippen LogP contribution in [0.1, 0.15) is 41.8 Å². The summed E-state index contributed by atoms with van der Waals surface area (Å²) in [6, 6.07) is 7.67. The number of carbonyl (C=O) groups excluding carboxylic acids is 1. The summed E-state index contributed by atoms with van der Waals surface area (Å²) in [4.78, 5) is 18.4. The number of hydrogen-bond acceptors (Lipinski definition) is 3. The van der Waals surface area contributed by atoms with E-state index in [-0.39, 0.29) is 5.41 Å². The minimum atomic E-state index is -0.173. The fourth-order valence-electron chi connectivity index (χ4n) is 2.64. The van der Waals surface area contributed by atoms with Crippen molar-refractivity contribution in [3.8, 4) is 11.3 Å². The maximum Gasteiger partial charge on any atom is 0.195 e. The van der Waals surface area contributed by atoms with Gasteiger partial charge in [0, 0.05) is 15.3 Å². The van der Waals surface area contributed by atoms with E-state index in [1.54, 1.807) is 11.3 Å².